The molecule has 3 fully saturated rings. The fourth-order valence-corrected chi connectivity index (χ4v) is 10.7. The highest BCUT2D eigenvalue weighted by Gasteiger charge is 2.56. The van der Waals surface area contributed by atoms with E-state index < -0.39 is 83.9 Å². The number of ether oxygens (including phenoxy) is 4. The van der Waals surface area contributed by atoms with Crippen molar-refractivity contribution in [2.45, 2.75) is 179 Å². The van der Waals surface area contributed by atoms with Gasteiger partial charge in [-0.05, 0) is 115 Å². The second-order valence-electron chi connectivity index (χ2n) is 18.7. The summed E-state index contributed by atoms with van der Waals surface area (Å²) in [5, 5.41) is 45.9. The van der Waals surface area contributed by atoms with Crippen LogP contribution < -0.4 is 5.73 Å². The van der Waals surface area contributed by atoms with Crippen molar-refractivity contribution in [3.63, 3.8) is 0 Å². The van der Waals surface area contributed by atoms with Crippen molar-refractivity contribution in [3.05, 3.63) is 23.3 Å². The molecular formula is C46H76N2O12S. The molecule has 0 radical (unpaired) electrons. The molecule has 15 heteroatoms. The summed E-state index contributed by atoms with van der Waals surface area (Å²) >= 11 is 1.73. The van der Waals surface area contributed by atoms with Crippen molar-refractivity contribution in [2.75, 3.05) is 32.3 Å². The highest BCUT2D eigenvalue weighted by Crippen LogP contribution is 2.39. The molecule has 61 heavy (non-hydrogen) atoms. The number of allylic oxidation sites excluding steroid dienone is 3. The maximum atomic E-state index is 14.4. The molecule has 2 bridgehead atoms. The molecule has 0 aromatic heterocycles. The zero-order valence-electron chi connectivity index (χ0n) is 37.8. The summed E-state index contributed by atoms with van der Waals surface area (Å²) in [6.45, 7) is 11.1. The number of fused-ring (bicyclic) bond motifs is 3. The number of piperidine rings is 1. The number of esters is 1. The van der Waals surface area contributed by atoms with E-state index in [0.717, 1.165) is 28.4 Å². The van der Waals surface area contributed by atoms with Crippen LogP contribution in [0.15, 0.2) is 23.3 Å². The Morgan fingerprint density at radius 3 is 2.36 bits per heavy atom. The first-order valence-corrected chi connectivity index (χ1v) is 23.7. The van der Waals surface area contributed by atoms with E-state index in [1.54, 1.807) is 32.7 Å². The number of carbonyl (C=O) groups is 4. The fraction of sp³-hybridized carbons (Fsp3) is 0.826. The molecule has 0 unspecified atom stereocenters. The van der Waals surface area contributed by atoms with Gasteiger partial charge < -0.3 is 50.0 Å². The molecule has 15 atom stereocenters. The molecule has 1 aliphatic carbocycles. The van der Waals surface area contributed by atoms with E-state index in [4.69, 9.17) is 24.7 Å². The number of carbonyl (C=O) groups excluding carboxylic acids is 4. The maximum absolute atomic E-state index is 14.4. The van der Waals surface area contributed by atoms with Crippen LogP contribution in [0.3, 0.4) is 0 Å². The van der Waals surface area contributed by atoms with Crippen molar-refractivity contribution in [1.82, 2.24) is 4.90 Å². The van der Waals surface area contributed by atoms with Gasteiger partial charge in [0.15, 0.2) is 0 Å². The number of cyclic esters (lactones) is 1. The summed E-state index contributed by atoms with van der Waals surface area (Å²) in [6.07, 6.45) is 2.80. The van der Waals surface area contributed by atoms with Crippen LogP contribution in [0.5, 0.6) is 0 Å². The number of amides is 1. The lowest BCUT2D eigenvalue weighted by atomic mass is 9.81. The number of nitrogens with zero attached hydrogens (tertiary/aromatic N) is 1. The molecular weight excluding hydrogens is 805 g/mol. The van der Waals surface area contributed by atoms with Gasteiger partial charge in [0.25, 0.3) is 11.7 Å². The minimum Gasteiger partial charge on any atom is -0.456 e. The van der Waals surface area contributed by atoms with Crippen molar-refractivity contribution >= 4 is 35.2 Å². The Morgan fingerprint density at radius 1 is 0.984 bits per heavy atom. The predicted molar refractivity (Wildman–Crippen MR) is 233 cm³/mol. The van der Waals surface area contributed by atoms with Crippen LogP contribution in [-0.4, -0.2) is 142 Å². The monoisotopic (exact) mass is 881 g/mol. The largest absolute Gasteiger partial charge is 0.456 e. The van der Waals surface area contributed by atoms with Gasteiger partial charge in [0.2, 0.25) is 5.79 Å². The lowest BCUT2D eigenvalue weighted by Gasteiger charge is -2.46. The van der Waals surface area contributed by atoms with Crippen LogP contribution in [0.4, 0.5) is 0 Å². The maximum Gasteiger partial charge on any atom is 0.329 e. The summed E-state index contributed by atoms with van der Waals surface area (Å²) in [6, 6.07) is -1.11. The first-order valence-electron chi connectivity index (χ1n) is 22.6. The Hall–Kier alpha value is -2.21. The number of ketones is 2. The Balaban J connectivity index is 1.75. The Labute approximate surface area is 367 Å². The van der Waals surface area contributed by atoms with Gasteiger partial charge in [0.1, 0.15) is 24.0 Å². The third-order valence-corrected chi connectivity index (χ3v) is 14.7. The van der Waals surface area contributed by atoms with Gasteiger partial charge in [0.05, 0.1) is 30.5 Å². The van der Waals surface area contributed by atoms with Crippen LogP contribution >= 0.6 is 11.8 Å². The third kappa shape index (κ3) is 13.7. The summed E-state index contributed by atoms with van der Waals surface area (Å²) in [5.74, 6) is -6.47. The van der Waals surface area contributed by atoms with Crippen molar-refractivity contribution in [2.24, 2.45) is 35.3 Å². The zero-order chi connectivity index (χ0) is 45.2. The van der Waals surface area contributed by atoms with E-state index in [1.807, 2.05) is 39.8 Å². The molecule has 6 N–H and O–H groups in total. The molecule has 1 saturated carbocycles. The average molecular weight is 881 g/mol. The molecule has 14 nitrogen and oxygen atoms in total. The number of hydrogen-bond acceptors (Lipinski definition) is 14. The number of rotatable bonds is 10. The number of methoxy groups -OCH3 is 2. The van der Waals surface area contributed by atoms with E-state index in [2.05, 4.69) is 0 Å². The number of nitrogens with two attached hydrogens (primary N) is 1. The average Bonchev–Trinajstić information content (AvgIpc) is 3.21. The molecule has 0 spiro atoms. The number of Topliss-reactive ketones (excluding diaryl/α,β-unsaturated/α-hetero) is 2. The van der Waals surface area contributed by atoms with Crippen molar-refractivity contribution in [1.29, 1.82) is 0 Å². The number of hydrogen-bond donors (Lipinski definition) is 5. The Bertz CT molecular complexity index is 1540. The lowest BCUT2D eigenvalue weighted by molar-refractivity contribution is -0.301. The highest BCUT2D eigenvalue weighted by molar-refractivity contribution is 7.99. The van der Waals surface area contributed by atoms with Gasteiger partial charge in [-0.2, -0.15) is 11.8 Å². The van der Waals surface area contributed by atoms with E-state index in [1.165, 1.54) is 7.11 Å². The highest BCUT2D eigenvalue weighted by atomic mass is 32.2. The second kappa shape index (κ2) is 23.6. The molecule has 1 amide bonds. The summed E-state index contributed by atoms with van der Waals surface area (Å²) in [5.41, 5.74) is 7.55. The van der Waals surface area contributed by atoms with Gasteiger partial charge in [0, 0.05) is 56.7 Å². The smallest absolute Gasteiger partial charge is 0.329 e. The van der Waals surface area contributed by atoms with Crippen LogP contribution in [0, 0.1) is 29.6 Å². The van der Waals surface area contributed by atoms with Crippen LogP contribution in [0.2, 0.25) is 0 Å². The van der Waals surface area contributed by atoms with E-state index in [0.29, 0.717) is 50.5 Å². The quantitative estimate of drug-likeness (QED) is 0.0898. The predicted octanol–water partition coefficient (Wildman–Crippen LogP) is 4.27. The first-order chi connectivity index (χ1) is 28.8. The SMILES string of the molecule is CO[C@H]1C[C@@H](C)[C@@]2(O)O[C@@H]1[C@@H](O)C[C@@H](C)C/C(C)=C/[C@@H](CCCSC[C@@H](C)N)C(=O)C[C@H](O)[C@@H](C)[C@@H](/C(C)=C/[C@@H]1CC[C@@H](O)[C@H](OC)C1)OC(=O)[C@@H]1CCCCN1C(=O)C2=O. The van der Waals surface area contributed by atoms with Gasteiger partial charge in [-0.25, -0.2) is 4.79 Å². The molecule has 3 aliphatic heterocycles. The minimum absolute atomic E-state index is 0.0214. The van der Waals surface area contributed by atoms with Crippen molar-refractivity contribution in [3.8, 4) is 0 Å². The minimum atomic E-state index is -2.59. The molecule has 3 heterocycles. The van der Waals surface area contributed by atoms with Crippen LogP contribution in [0.1, 0.15) is 119 Å². The second-order valence-corrected chi connectivity index (χ2v) is 19.9. The van der Waals surface area contributed by atoms with Crippen LogP contribution in [-0.2, 0) is 38.1 Å². The zero-order valence-corrected chi connectivity index (χ0v) is 38.6. The van der Waals surface area contributed by atoms with Gasteiger partial charge >= 0.3 is 5.97 Å². The normalized spacial score (nSPS) is 39.7. The first kappa shape index (κ1) is 51.4. The lowest BCUT2D eigenvalue weighted by Crippen LogP contribution is -2.64. The fourth-order valence-electron chi connectivity index (χ4n) is 9.76. The number of aliphatic hydroxyl groups excluding tert-OH is 3. The van der Waals surface area contributed by atoms with E-state index in [-0.39, 0.29) is 62.0 Å². The van der Waals surface area contributed by atoms with E-state index >= 15 is 0 Å². The van der Waals surface area contributed by atoms with Gasteiger partial charge in [-0.1, -0.05) is 38.5 Å². The van der Waals surface area contributed by atoms with Crippen LogP contribution in [0.25, 0.3) is 0 Å². The third-order valence-electron chi connectivity index (χ3n) is 13.4. The number of thioether (sulfide) groups is 1. The Morgan fingerprint density at radius 2 is 1.69 bits per heavy atom. The topological polar surface area (TPSA) is 215 Å². The van der Waals surface area contributed by atoms with E-state index in [9.17, 15) is 39.6 Å². The standard InChI is InChI=1S/C46H76N2O12S/c1-26-18-27(2)20-38(52)42-40(58-8)22-29(4)46(56,60-42)43(53)44(54)48-16-10-9-13-34(48)45(55)59-41(28(3)21-32-14-15-35(49)39(23-32)57-7)31(6)36(50)24-37(51)33(19-26)12-11-17-61-25-30(5)47/h19,21,27,29-36,38-42,49-50,52,56H,9-18,20,22-25,47H2,1-8H3/b26-19+,28-21+/t27-,29+,30+,31+,32-,33+,34-,35+,36-,38-,39+,40-,41+,42+,46+/m0/s1. The molecule has 4 aliphatic rings. The molecule has 4 rings (SSSR count). The Kier molecular flexibility index (Phi) is 19.9. The molecule has 348 valence electrons. The summed E-state index contributed by atoms with van der Waals surface area (Å²) in [7, 11) is 3.03. The number of aliphatic hydroxyl groups is 4. The van der Waals surface area contributed by atoms with Gasteiger partial charge in [-0.15, -0.1) is 0 Å². The van der Waals surface area contributed by atoms with Crippen molar-refractivity contribution < 1.29 is 58.6 Å². The molecule has 2 saturated heterocycles. The molecule has 0 aromatic carbocycles. The molecule has 0 aromatic rings. The summed E-state index contributed by atoms with van der Waals surface area (Å²) < 4.78 is 23.6. The van der Waals surface area contributed by atoms with Gasteiger partial charge in [-0.3, -0.25) is 14.4 Å². The summed E-state index contributed by atoms with van der Waals surface area (Å²) in [4.78, 5) is 58.1.